The maximum Gasteiger partial charge on any atom is 0.231 e. The molecule has 0 bridgehead atoms. The number of carbonyl (C=O) groups excluding carboxylic acids is 4. The second-order valence-corrected chi connectivity index (χ2v) is 8.66. The van der Waals surface area contributed by atoms with Crippen LogP contribution in [0.15, 0.2) is 57.6 Å². The Morgan fingerprint density at radius 2 is 1.79 bits per heavy atom. The first-order chi connectivity index (χ1) is 13.9. The quantitative estimate of drug-likeness (QED) is 0.386. The minimum absolute atomic E-state index is 0.0221. The van der Waals surface area contributed by atoms with E-state index in [1.807, 2.05) is 6.08 Å². The van der Waals surface area contributed by atoms with E-state index < -0.39 is 17.8 Å². The highest BCUT2D eigenvalue weighted by atomic mass is 79.9. The monoisotopic (exact) mass is 453 g/mol. The van der Waals surface area contributed by atoms with Crippen molar-refractivity contribution in [1.29, 1.82) is 0 Å². The van der Waals surface area contributed by atoms with Crippen molar-refractivity contribution in [3.8, 4) is 5.75 Å². The minimum Gasteiger partial charge on any atom is -0.508 e. The van der Waals surface area contributed by atoms with E-state index in [0.717, 1.165) is 5.57 Å². The number of phenols is 1. The number of amides is 2. The lowest BCUT2D eigenvalue weighted by Gasteiger charge is -2.42. The van der Waals surface area contributed by atoms with Crippen LogP contribution >= 0.6 is 15.9 Å². The second kappa shape index (κ2) is 6.35. The van der Waals surface area contributed by atoms with Crippen LogP contribution in [0.4, 0.5) is 0 Å². The molecule has 6 nitrogen and oxygen atoms in total. The number of ketones is 2. The highest BCUT2D eigenvalue weighted by molar-refractivity contribution is 9.12. The molecule has 0 aromatic heterocycles. The van der Waals surface area contributed by atoms with Gasteiger partial charge in [-0.05, 0) is 40.8 Å². The van der Waals surface area contributed by atoms with Crippen molar-refractivity contribution in [3.63, 3.8) is 0 Å². The topological polar surface area (TPSA) is 101 Å². The lowest BCUT2D eigenvalue weighted by molar-refractivity contribution is -0.126. The van der Waals surface area contributed by atoms with Crippen LogP contribution < -0.4 is 5.32 Å². The molecule has 2 amide bonds. The van der Waals surface area contributed by atoms with E-state index in [0.29, 0.717) is 23.1 Å². The van der Waals surface area contributed by atoms with Crippen LogP contribution in [0.2, 0.25) is 0 Å². The molecule has 0 saturated carbocycles. The van der Waals surface area contributed by atoms with Gasteiger partial charge in [-0.2, -0.15) is 0 Å². The Hall–Kier alpha value is -2.80. The normalized spacial score (nSPS) is 30.9. The average molecular weight is 454 g/mol. The van der Waals surface area contributed by atoms with Crippen molar-refractivity contribution < 1.29 is 24.3 Å². The first-order valence-corrected chi connectivity index (χ1v) is 10.2. The first kappa shape index (κ1) is 18.2. The summed E-state index contributed by atoms with van der Waals surface area (Å²) >= 11 is 3.17. The number of phenolic OH excluding ortho intramolecular Hbond substituents is 1. The Kier molecular flexibility index (Phi) is 4.00. The first-order valence-electron chi connectivity index (χ1n) is 9.40. The van der Waals surface area contributed by atoms with Gasteiger partial charge in [0.05, 0.1) is 16.3 Å². The van der Waals surface area contributed by atoms with E-state index in [4.69, 9.17) is 0 Å². The van der Waals surface area contributed by atoms with Gasteiger partial charge < -0.3 is 5.11 Å². The number of para-hydroxylation sites is 1. The number of benzene rings is 1. The van der Waals surface area contributed by atoms with Crippen molar-refractivity contribution in [1.82, 2.24) is 5.32 Å². The molecule has 1 fully saturated rings. The van der Waals surface area contributed by atoms with Gasteiger partial charge in [-0.15, -0.1) is 0 Å². The maximum atomic E-state index is 12.9. The molecule has 0 spiro atoms. The minimum atomic E-state index is -0.622. The van der Waals surface area contributed by atoms with Gasteiger partial charge in [0.15, 0.2) is 11.6 Å². The number of aromatic hydroxyl groups is 1. The molecule has 146 valence electrons. The molecule has 0 radical (unpaired) electrons. The fourth-order valence-electron chi connectivity index (χ4n) is 5.20. The summed E-state index contributed by atoms with van der Waals surface area (Å²) in [6.45, 7) is 0. The molecule has 0 unspecified atom stereocenters. The second-order valence-electron chi connectivity index (χ2n) is 7.81. The molecule has 1 heterocycles. The van der Waals surface area contributed by atoms with E-state index in [-0.39, 0.29) is 46.0 Å². The van der Waals surface area contributed by atoms with Crippen LogP contribution in [0.1, 0.15) is 24.3 Å². The van der Waals surface area contributed by atoms with Crippen molar-refractivity contribution >= 4 is 39.3 Å². The van der Waals surface area contributed by atoms with Gasteiger partial charge in [-0.1, -0.05) is 29.8 Å². The Bertz CT molecular complexity index is 1110. The van der Waals surface area contributed by atoms with E-state index in [1.165, 1.54) is 12.1 Å². The number of allylic oxidation sites excluding steroid dienone is 6. The number of Topliss-reactive ketones (excluding diaryl/α,β-unsaturated/α-hetero) is 1. The van der Waals surface area contributed by atoms with Crippen molar-refractivity contribution in [2.45, 2.75) is 18.8 Å². The molecule has 7 heteroatoms. The molecule has 1 aromatic carbocycles. The highest BCUT2D eigenvalue weighted by Gasteiger charge is 2.53. The van der Waals surface area contributed by atoms with Gasteiger partial charge in [0.1, 0.15) is 5.75 Å². The largest absolute Gasteiger partial charge is 0.508 e. The van der Waals surface area contributed by atoms with E-state index in [2.05, 4.69) is 21.2 Å². The van der Waals surface area contributed by atoms with Crippen LogP contribution in [0.5, 0.6) is 5.75 Å². The summed E-state index contributed by atoms with van der Waals surface area (Å²) < 4.78 is 0.184. The fourth-order valence-corrected chi connectivity index (χ4v) is 5.65. The zero-order chi connectivity index (χ0) is 20.4. The molecule has 4 aliphatic rings. The van der Waals surface area contributed by atoms with Crippen molar-refractivity contribution in [2.24, 2.45) is 17.8 Å². The standard InChI is InChI=1S/C22H16BrNO5/c23-14-8-16(26)19-13(20(14)27)7-12-9(17(19)10-3-1-2-4-15(10)25)5-6-11-18(12)22(29)24-21(11)28/h1-5,8,11-12,17-18,25H,6-7H2,(H,24,28,29)/t11-,12+,17+,18-/m0/s1. The average Bonchev–Trinajstić information content (AvgIpc) is 2.99. The number of halogens is 1. The van der Waals surface area contributed by atoms with Crippen LogP contribution in [0.25, 0.3) is 0 Å². The molecular weight excluding hydrogens is 438 g/mol. The van der Waals surface area contributed by atoms with Gasteiger partial charge in [0.25, 0.3) is 0 Å². The fraction of sp³-hybridized carbons (Fsp3) is 0.273. The van der Waals surface area contributed by atoms with Crippen LogP contribution in [0.3, 0.4) is 0 Å². The number of imide groups is 1. The molecule has 1 aromatic rings. The molecule has 1 saturated heterocycles. The number of fused-ring (bicyclic) bond motifs is 3. The molecule has 1 aliphatic heterocycles. The van der Waals surface area contributed by atoms with Crippen LogP contribution in [-0.2, 0) is 19.2 Å². The van der Waals surface area contributed by atoms with Crippen LogP contribution in [0, 0.1) is 17.8 Å². The number of carbonyl (C=O) groups is 4. The number of hydrogen-bond donors (Lipinski definition) is 2. The lowest BCUT2D eigenvalue weighted by Crippen LogP contribution is -2.39. The summed E-state index contributed by atoms with van der Waals surface area (Å²) in [5, 5.41) is 12.9. The third-order valence-electron chi connectivity index (χ3n) is 6.42. The van der Waals surface area contributed by atoms with Gasteiger partial charge in [0.2, 0.25) is 11.8 Å². The molecule has 4 atom stereocenters. The predicted octanol–water partition coefficient (Wildman–Crippen LogP) is 2.44. The Morgan fingerprint density at radius 1 is 1.03 bits per heavy atom. The number of nitrogens with one attached hydrogen (secondary N) is 1. The van der Waals surface area contributed by atoms with Gasteiger partial charge in [-0.25, -0.2) is 0 Å². The molecule has 2 N–H and O–H groups in total. The summed E-state index contributed by atoms with van der Waals surface area (Å²) in [7, 11) is 0. The zero-order valence-corrected chi connectivity index (χ0v) is 16.7. The molecular formula is C22H16BrNO5. The van der Waals surface area contributed by atoms with Gasteiger partial charge >= 0.3 is 0 Å². The smallest absolute Gasteiger partial charge is 0.231 e. The summed E-state index contributed by atoms with van der Waals surface area (Å²) in [5.74, 6) is -3.20. The number of hydrogen-bond acceptors (Lipinski definition) is 5. The molecule has 29 heavy (non-hydrogen) atoms. The van der Waals surface area contributed by atoms with Crippen LogP contribution in [-0.4, -0.2) is 28.5 Å². The van der Waals surface area contributed by atoms with Gasteiger partial charge in [-0.3, -0.25) is 24.5 Å². The van der Waals surface area contributed by atoms with Crippen molar-refractivity contribution in [2.75, 3.05) is 0 Å². The third-order valence-corrected chi connectivity index (χ3v) is 7.01. The van der Waals surface area contributed by atoms with Crippen molar-refractivity contribution in [3.05, 3.63) is 63.2 Å². The Morgan fingerprint density at radius 3 is 2.55 bits per heavy atom. The van der Waals surface area contributed by atoms with E-state index >= 15 is 0 Å². The Labute approximate surface area is 174 Å². The SMILES string of the molecule is O=C1C=C(Br)C(=O)C2=C1[C@@H](c1ccccc1O)C1=CC[C@@H]3C(=O)NC(=O)[C@@H]3[C@@H]1C2. The third kappa shape index (κ3) is 2.53. The van der Waals surface area contributed by atoms with Gasteiger partial charge in [0, 0.05) is 28.7 Å². The summed E-state index contributed by atoms with van der Waals surface area (Å²) in [4.78, 5) is 50.6. The highest BCUT2D eigenvalue weighted by Crippen LogP contribution is 2.55. The number of rotatable bonds is 1. The summed E-state index contributed by atoms with van der Waals surface area (Å²) in [6.07, 6.45) is 3.80. The molecule has 5 rings (SSSR count). The zero-order valence-electron chi connectivity index (χ0n) is 15.1. The summed E-state index contributed by atoms with van der Waals surface area (Å²) in [5.41, 5.74) is 2.05. The Balaban J connectivity index is 1.74. The predicted molar refractivity (Wildman–Crippen MR) is 106 cm³/mol. The maximum absolute atomic E-state index is 12.9. The molecule has 3 aliphatic carbocycles. The van der Waals surface area contributed by atoms with E-state index in [1.54, 1.807) is 18.2 Å². The lowest BCUT2D eigenvalue weighted by atomic mass is 9.59. The summed E-state index contributed by atoms with van der Waals surface area (Å²) in [6, 6.07) is 6.72. The van der Waals surface area contributed by atoms with E-state index in [9.17, 15) is 24.3 Å².